The van der Waals surface area contributed by atoms with Crippen LogP contribution in [0.15, 0.2) is 112 Å². The summed E-state index contributed by atoms with van der Waals surface area (Å²) in [5, 5.41) is 19.9. The van der Waals surface area contributed by atoms with Gasteiger partial charge in [0.1, 0.15) is 38.8 Å². The number of ketones is 3. The van der Waals surface area contributed by atoms with E-state index in [9.17, 15) is 29.4 Å². The zero-order chi connectivity index (χ0) is 43.6. The van der Waals surface area contributed by atoms with Gasteiger partial charge in [0.15, 0.2) is 5.78 Å². The summed E-state index contributed by atoms with van der Waals surface area (Å²) in [4.78, 5) is 51.5. The molecule has 308 valence electrons. The molecule has 1 aliphatic carbocycles. The quantitative estimate of drug-likeness (QED) is 0.0350. The molecule has 0 radical (unpaired) electrons. The lowest BCUT2D eigenvalue weighted by atomic mass is 9.81. The van der Waals surface area contributed by atoms with Crippen LogP contribution in [0.1, 0.15) is 43.1 Å². The highest BCUT2D eigenvalue weighted by Crippen LogP contribution is 2.55. The molecule has 1 heterocycles. The first kappa shape index (κ1) is 49.3. The molecule has 0 spiro atoms. The summed E-state index contributed by atoms with van der Waals surface area (Å²) >= 11 is 18.7. The monoisotopic (exact) mass is 1810 g/mol. The average Bonchev–Trinajstić information content (AvgIpc) is 3.19. The van der Waals surface area contributed by atoms with E-state index in [1.54, 1.807) is 54.6 Å². The number of aromatic hydroxyl groups is 2. The topological polar surface area (TPSA) is 136 Å². The summed E-state index contributed by atoms with van der Waals surface area (Å²) < 4.78 is 22.3. The molecule has 0 saturated carbocycles. The van der Waals surface area contributed by atoms with E-state index in [1.165, 1.54) is 12.1 Å². The lowest BCUT2D eigenvalue weighted by Gasteiger charge is -2.48. The van der Waals surface area contributed by atoms with Gasteiger partial charge in [-0.1, -0.05) is 52.9 Å². The highest BCUT2D eigenvalue weighted by atomic mass is 127. The van der Waals surface area contributed by atoms with E-state index in [0.29, 0.717) is 61.3 Å². The van der Waals surface area contributed by atoms with Crippen molar-refractivity contribution < 1.29 is 43.6 Å². The molecule has 1 aliphatic heterocycles. The third-order valence-corrected chi connectivity index (χ3v) is 16.6. The van der Waals surface area contributed by atoms with Crippen molar-refractivity contribution in [3.8, 4) is 23.0 Å². The second-order valence-electron chi connectivity index (χ2n) is 12.9. The maximum absolute atomic E-state index is 13.2. The summed E-state index contributed by atoms with van der Waals surface area (Å²) in [7, 11) is 0. The SMILES string of the molecule is O=C(C(=O)c1cc(I)c(OCc2cccc(I)c2)c(I)c1)c1cc(I)c(O)c(I)c1.O=C(C1=CC(I)=C2OC(C(=O)Oc3ccccc3)C2(I)C1)c1cc(I)c(O)c(I)c1. The van der Waals surface area contributed by atoms with Crippen molar-refractivity contribution in [2.45, 2.75) is 22.6 Å². The lowest BCUT2D eigenvalue weighted by Crippen LogP contribution is -2.58. The summed E-state index contributed by atoms with van der Waals surface area (Å²) in [6.45, 7) is 0.416. The smallest absolute Gasteiger partial charge is 0.354 e. The fourth-order valence-electron chi connectivity index (χ4n) is 5.84. The third-order valence-electron chi connectivity index (χ3n) is 8.76. The molecule has 0 aromatic heterocycles. The Morgan fingerprint density at radius 3 is 1.72 bits per heavy atom. The van der Waals surface area contributed by atoms with Crippen LogP contribution in [-0.2, 0) is 16.1 Å². The van der Waals surface area contributed by atoms with E-state index < -0.39 is 27.1 Å². The molecular formula is C42H23I9O9. The van der Waals surface area contributed by atoms with Crippen LogP contribution in [0.25, 0.3) is 0 Å². The molecule has 18 heteroatoms. The number of benzene rings is 5. The number of halogens is 9. The van der Waals surface area contributed by atoms with E-state index in [0.717, 1.165) is 19.9 Å². The molecule has 1 fully saturated rings. The molecule has 0 bridgehead atoms. The van der Waals surface area contributed by atoms with Crippen LogP contribution < -0.4 is 9.47 Å². The number of fused-ring (bicyclic) bond motifs is 1. The highest BCUT2D eigenvalue weighted by Gasteiger charge is 2.60. The molecule has 7 rings (SSSR count). The van der Waals surface area contributed by atoms with Crippen molar-refractivity contribution in [1.82, 2.24) is 0 Å². The number of hydrogen-bond donors (Lipinski definition) is 2. The molecule has 5 aromatic rings. The van der Waals surface area contributed by atoms with Crippen molar-refractivity contribution in [1.29, 1.82) is 0 Å². The molecule has 1 saturated heterocycles. The number of rotatable bonds is 10. The number of alkyl halides is 1. The summed E-state index contributed by atoms with van der Waals surface area (Å²) in [5.41, 5.74) is 2.73. The fraction of sp³-hybridized carbons (Fsp3) is 0.0952. The van der Waals surface area contributed by atoms with Crippen molar-refractivity contribution in [3.05, 3.63) is 159 Å². The van der Waals surface area contributed by atoms with Crippen LogP contribution in [0.2, 0.25) is 0 Å². The highest BCUT2D eigenvalue weighted by molar-refractivity contribution is 14.1. The number of hydrogen-bond acceptors (Lipinski definition) is 9. The Kier molecular flexibility index (Phi) is 17.6. The van der Waals surface area contributed by atoms with Crippen molar-refractivity contribution in [2.75, 3.05) is 0 Å². The number of phenolic OH excluding ortho intramolecular Hbond substituents is 2. The standard InChI is InChI=1S/C21H11I5O4.C21H12I4O5/c22-13-3-1-2-10(4-13)9-30-21-16(25)7-12(8-17(21)26)19(28)18(27)11-5-14(23)20(29)15(24)6-11;22-13-6-10(7-14(23)17(13)27)16(26)11-8-15(24)18-21(25,9-11)19(30-18)20(28)29-12-4-2-1-3-5-12/h1-8,29H,9H2;1-8,19,27H,9H2. The zero-order valence-electron chi connectivity index (χ0n) is 29.9. The molecule has 2 N–H and O–H groups in total. The van der Waals surface area contributed by atoms with Crippen LogP contribution in [0.3, 0.4) is 0 Å². The lowest BCUT2D eigenvalue weighted by molar-refractivity contribution is -0.155. The number of phenols is 2. The van der Waals surface area contributed by atoms with E-state index in [4.69, 9.17) is 14.2 Å². The minimum atomic E-state index is -0.797. The molecular weight excluding hydrogens is 1790 g/mol. The number of para-hydroxylation sites is 1. The average molecular weight is 1810 g/mol. The van der Waals surface area contributed by atoms with Gasteiger partial charge in [-0.3, -0.25) is 14.4 Å². The molecule has 2 aliphatic rings. The first-order valence-corrected chi connectivity index (χ1v) is 26.7. The maximum atomic E-state index is 13.2. The summed E-state index contributed by atoms with van der Waals surface area (Å²) in [6, 6.07) is 26.6. The second-order valence-corrected chi connectivity index (χ2v) is 24.2. The number of carbonyl (C=O) groups is 4. The van der Waals surface area contributed by atoms with E-state index >= 15 is 0 Å². The van der Waals surface area contributed by atoms with Gasteiger partial charge in [0, 0.05) is 32.3 Å². The normalized spacial score (nSPS) is 16.6. The van der Waals surface area contributed by atoms with Crippen LogP contribution >= 0.6 is 203 Å². The number of allylic oxidation sites excluding steroid dienone is 3. The Labute approximate surface area is 467 Å². The fourth-order valence-corrected chi connectivity index (χ4v) is 14.8. The number of ether oxygens (including phenoxy) is 3. The van der Waals surface area contributed by atoms with Crippen LogP contribution in [0, 0.1) is 25.0 Å². The first-order chi connectivity index (χ1) is 28.4. The van der Waals surface area contributed by atoms with Gasteiger partial charge in [-0.15, -0.1) is 0 Å². The Bertz CT molecular complexity index is 2580. The summed E-state index contributed by atoms with van der Waals surface area (Å²) in [6.07, 6.45) is 1.37. The number of Topliss-reactive ketones (excluding diaryl/α,β-unsaturated/α-hetero) is 3. The zero-order valence-corrected chi connectivity index (χ0v) is 49.3. The first-order valence-electron chi connectivity index (χ1n) is 17.0. The summed E-state index contributed by atoms with van der Waals surface area (Å²) in [5.74, 6) is 0.315. The van der Waals surface area contributed by atoms with Crippen molar-refractivity contribution in [3.63, 3.8) is 0 Å². The Morgan fingerprint density at radius 2 is 1.18 bits per heavy atom. The van der Waals surface area contributed by atoms with Gasteiger partial charge in [0.2, 0.25) is 17.7 Å². The molecule has 5 aromatic carbocycles. The van der Waals surface area contributed by atoms with Crippen LogP contribution in [0.4, 0.5) is 0 Å². The van der Waals surface area contributed by atoms with E-state index in [-0.39, 0.29) is 22.8 Å². The molecule has 2 atom stereocenters. The molecule has 2 unspecified atom stereocenters. The van der Waals surface area contributed by atoms with Gasteiger partial charge >= 0.3 is 5.97 Å². The second kappa shape index (κ2) is 21.4. The third kappa shape index (κ3) is 11.4. The largest absolute Gasteiger partial charge is 0.506 e. The van der Waals surface area contributed by atoms with Crippen LogP contribution in [0.5, 0.6) is 23.0 Å². The van der Waals surface area contributed by atoms with Gasteiger partial charge in [0.05, 0.1) is 25.0 Å². The van der Waals surface area contributed by atoms with Gasteiger partial charge in [-0.2, -0.15) is 0 Å². The number of carbonyl (C=O) groups excluding carboxylic acids is 4. The van der Waals surface area contributed by atoms with Gasteiger partial charge in [-0.05, 0) is 253 Å². The van der Waals surface area contributed by atoms with Gasteiger partial charge < -0.3 is 24.4 Å². The Morgan fingerprint density at radius 1 is 0.667 bits per heavy atom. The molecule has 9 nitrogen and oxygen atoms in total. The van der Waals surface area contributed by atoms with Crippen LogP contribution in [-0.4, -0.2) is 43.1 Å². The molecule has 0 amide bonds. The predicted octanol–water partition coefficient (Wildman–Crippen LogP) is 13.0. The van der Waals surface area contributed by atoms with E-state index in [2.05, 4.69) is 119 Å². The van der Waals surface area contributed by atoms with Crippen molar-refractivity contribution >= 4 is 227 Å². The minimum Gasteiger partial charge on any atom is -0.506 e. The minimum absolute atomic E-state index is 0.110. The Balaban J connectivity index is 0.000000201. The van der Waals surface area contributed by atoms with Gasteiger partial charge in [0.25, 0.3) is 0 Å². The Hall–Kier alpha value is -0.170. The number of esters is 1. The predicted molar refractivity (Wildman–Crippen MR) is 303 cm³/mol. The maximum Gasteiger partial charge on any atom is 0.354 e. The van der Waals surface area contributed by atoms with Crippen molar-refractivity contribution in [2.24, 2.45) is 0 Å². The van der Waals surface area contributed by atoms with E-state index in [1.807, 2.05) is 115 Å². The molecule has 60 heavy (non-hydrogen) atoms. The van der Waals surface area contributed by atoms with Gasteiger partial charge in [-0.25, -0.2) is 4.79 Å².